The molecule has 0 spiro atoms. The lowest BCUT2D eigenvalue weighted by molar-refractivity contribution is -0.137. The third kappa shape index (κ3) is 4.37. The van der Waals surface area contributed by atoms with Gasteiger partial charge in [0.25, 0.3) is 0 Å². The molecule has 1 aliphatic heterocycles. The summed E-state index contributed by atoms with van der Waals surface area (Å²) in [6.07, 6.45) is -3.44. The Hall–Kier alpha value is -2.05. The van der Waals surface area contributed by atoms with Gasteiger partial charge in [0, 0.05) is 13.1 Å². The van der Waals surface area contributed by atoms with Crippen molar-refractivity contribution in [1.82, 2.24) is 10.2 Å². The van der Waals surface area contributed by atoms with E-state index in [-0.39, 0.29) is 6.04 Å². The molecule has 2 aromatic carbocycles. The summed E-state index contributed by atoms with van der Waals surface area (Å²) in [5.74, 6) is 0.832. The van der Waals surface area contributed by atoms with Crippen molar-refractivity contribution in [2.45, 2.75) is 18.6 Å². The van der Waals surface area contributed by atoms with Crippen LogP contribution in [0, 0.1) is 0 Å². The second-order valence-corrected chi connectivity index (χ2v) is 6.77. The maximum Gasteiger partial charge on any atom is 0.416 e. The molecular formula is C20H23F3N2O. The Morgan fingerprint density at radius 1 is 1.12 bits per heavy atom. The summed E-state index contributed by atoms with van der Waals surface area (Å²) in [6.45, 7) is 2.24. The summed E-state index contributed by atoms with van der Waals surface area (Å²) >= 11 is 0. The van der Waals surface area contributed by atoms with E-state index in [1.165, 1.54) is 5.56 Å². The standard InChI is InChI=1S/C20H23F3N2O/c1-25(2)11-12-26-17-7-8-18-15(13-17)9-10-24-19(18)14-3-5-16(6-4-14)20(21,22)23/h3-8,13,19,24H,9-12H2,1-2H3. The van der Waals surface area contributed by atoms with E-state index in [9.17, 15) is 13.2 Å². The van der Waals surface area contributed by atoms with Crippen molar-refractivity contribution in [3.63, 3.8) is 0 Å². The van der Waals surface area contributed by atoms with E-state index in [1.807, 2.05) is 32.3 Å². The van der Waals surface area contributed by atoms with Gasteiger partial charge in [0.05, 0.1) is 11.6 Å². The van der Waals surface area contributed by atoms with E-state index in [4.69, 9.17) is 4.74 Å². The lowest BCUT2D eigenvalue weighted by Gasteiger charge is -2.28. The minimum absolute atomic E-state index is 0.100. The highest BCUT2D eigenvalue weighted by atomic mass is 19.4. The van der Waals surface area contributed by atoms with Gasteiger partial charge < -0.3 is 15.0 Å². The largest absolute Gasteiger partial charge is 0.492 e. The molecule has 0 saturated carbocycles. The van der Waals surface area contributed by atoms with Gasteiger partial charge in [0.1, 0.15) is 12.4 Å². The molecule has 140 valence electrons. The van der Waals surface area contributed by atoms with Crippen LogP contribution in [-0.4, -0.2) is 38.7 Å². The monoisotopic (exact) mass is 364 g/mol. The van der Waals surface area contributed by atoms with Gasteiger partial charge in [-0.15, -0.1) is 0 Å². The summed E-state index contributed by atoms with van der Waals surface area (Å²) in [5, 5.41) is 3.40. The molecule has 0 bridgehead atoms. The van der Waals surface area contributed by atoms with Gasteiger partial charge in [-0.25, -0.2) is 0 Å². The van der Waals surface area contributed by atoms with Crippen LogP contribution in [0.3, 0.4) is 0 Å². The Kier molecular flexibility index (Phi) is 5.53. The molecule has 0 radical (unpaired) electrons. The highest BCUT2D eigenvalue weighted by Gasteiger charge is 2.30. The van der Waals surface area contributed by atoms with Gasteiger partial charge in [0.2, 0.25) is 0 Å². The smallest absolute Gasteiger partial charge is 0.416 e. The number of alkyl halides is 3. The SMILES string of the molecule is CN(C)CCOc1ccc2c(c1)CCNC2c1ccc(C(F)(F)F)cc1. The zero-order valence-electron chi connectivity index (χ0n) is 14.9. The number of rotatable bonds is 5. The van der Waals surface area contributed by atoms with Gasteiger partial charge in [-0.3, -0.25) is 0 Å². The van der Waals surface area contributed by atoms with Crippen LogP contribution < -0.4 is 10.1 Å². The molecule has 1 aliphatic rings. The fraction of sp³-hybridized carbons (Fsp3) is 0.400. The number of halogens is 3. The highest BCUT2D eigenvalue weighted by Crippen LogP contribution is 2.34. The Labute approximate surface area is 151 Å². The van der Waals surface area contributed by atoms with Crippen LogP contribution in [0.1, 0.15) is 28.3 Å². The number of hydrogen-bond donors (Lipinski definition) is 1. The predicted molar refractivity (Wildman–Crippen MR) is 95.5 cm³/mol. The van der Waals surface area contributed by atoms with E-state index < -0.39 is 11.7 Å². The number of fused-ring (bicyclic) bond motifs is 1. The van der Waals surface area contributed by atoms with Crippen molar-refractivity contribution in [1.29, 1.82) is 0 Å². The van der Waals surface area contributed by atoms with Crippen LogP contribution in [0.25, 0.3) is 0 Å². The molecule has 0 aromatic heterocycles. The third-order valence-corrected chi connectivity index (χ3v) is 4.55. The highest BCUT2D eigenvalue weighted by molar-refractivity contribution is 5.44. The van der Waals surface area contributed by atoms with E-state index >= 15 is 0 Å². The van der Waals surface area contributed by atoms with Crippen molar-refractivity contribution in [2.75, 3.05) is 33.8 Å². The Morgan fingerprint density at radius 2 is 1.85 bits per heavy atom. The average molecular weight is 364 g/mol. The topological polar surface area (TPSA) is 24.5 Å². The molecule has 0 amide bonds. The molecule has 0 saturated heterocycles. The van der Waals surface area contributed by atoms with Crippen LogP contribution >= 0.6 is 0 Å². The molecule has 1 N–H and O–H groups in total. The number of ether oxygens (including phenoxy) is 1. The van der Waals surface area contributed by atoms with Crippen LogP contribution in [0.4, 0.5) is 13.2 Å². The van der Waals surface area contributed by atoms with E-state index in [0.29, 0.717) is 6.61 Å². The molecule has 1 unspecified atom stereocenters. The molecule has 6 heteroatoms. The second-order valence-electron chi connectivity index (χ2n) is 6.77. The molecule has 1 atom stereocenters. The quantitative estimate of drug-likeness (QED) is 0.871. The number of likely N-dealkylation sites (N-methyl/N-ethyl adjacent to an activating group) is 1. The molecule has 2 aromatic rings. The van der Waals surface area contributed by atoms with Crippen LogP contribution in [0.2, 0.25) is 0 Å². The Balaban J connectivity index is 1.78. The molecule has 3 rings (SSSR count). The first-order valence-electron chi connectivity index (χ1n) is 8.65. The predicted octanol–water partition coefficient (Wildman–Crippen LogP) is 3.88. The number of nitrogens with zero attached hydrogens (tertiary/aromatic N) is 1. The van der Waals surface area contributed by atoms with Gasteiger partial charge >= 0.3 is 6.18 Å². The van der Waals surface area contributed by atoms with E-state index in [0.717, 1.165) is 48.5 Å². The maximum absolute atomic E-state index is 12.8. The molecule has 0 fully saturated rings. The average Bonchev–Trinajstić information content (AvgIpc) is 2.60. The second kappa shape index (κ2) is 7.68. The third-order valence-electron chi connectivity index (χ3n) is 4.55. The normalized spacial score (nSPS) is 17.2. The fourth-order valence-corrected chi connectivity index (χ4v) is 3.14. The zero-order chi connectivity index (χ0) is 18.7. The number of benzene rings is 2. The minimum Gasteiger partial charge on any atom is -0.492 e. The minimum atomic E-state index is -4.31. The maximum atomic E-state index is 12.8. The lowest BCUT2D eigenvalue weighted by atomic mass is 9.89. The van der Waals surface area contributed by atoms with Gasteiger partial charge in [-0.2, -0.15) is 13.2 Å². The van der Waals surface area contributed by atoms with Crippen molar-refractivity contribution in [2.24, 2.45) is 0 Å². The lowest BCUT2D eigenvalue weighted by Crippen LogP contribution is -2.30. The summed E-state index contributed by atoms with van der Waals surface area (Å²) in [6, 6.07) is 11.3. The van der Waals surface area contributed by atoms with Crippen molar-refractivity contribution in [3.05, 3.63) is 64.7 Å². The molecular weight excluding hydrogens is 341 g/mol. The van der Waals surface area contributed by atoms with Gasteiger partial charge in [-0.05, 0) is 61.5 Å². The van der Waals surface area contributed by atoms with Crippen LogP contribution in [0.15, 0.2) is 42.5 Å². The summed E-state index contributed by atoms with van der Waals surface area (Å²) in [7, 11) is 3.99. The first-order chi connectivity index (χ1) is 12.3. The molecule has 3 nitrogen and oxygen atoms in total. The molecule has 1 heterocycles. The summed E-state index contributed by atoms with van der Waals surface area (Å²) in [5.41, 5.74) is 2.48. The summed E-state index contributed by atoms with van der Waals surface area (Å²) < 4.78 is 44.1. The van der Waals surface area contributed by atoms with Crippen LogP contribution in [-0.2, 0) is 12.6 Å². The number of nitrogens with one attached hydrogen (secondary N) is 1. The van der Waals surface area contributed by atoms with Crippen LogP contribution in [0.5, 0.6) is 5.75 Å². The first kappa shape index (κ1) is 18.7. The van der Waals surface area contributed by atoms with Crippen molar-refractivity contribution in [3.8, 4) is 5.75 Å². The summed E-state index contributed by atoms with van der Waals surface area (Å²) in [4.78, 5) is 2.06. The van der Waals surface area contributed by atoms with Crippen molar-refractivity contribution >= 4 is 0 Å². The zero-order valence-corrected chi connectivity index (χ0v) is 14.9. The number of hydrogen-bond acceptors (Lipinski definition) is 3. The van der Waals surface area contributed by atoms with Gasteiger partial charge in [-0.1, -0.05) is 18.2 Å². The Morgan fingerprint density at radius 3 is 2.50 bits per heavy atom. The molecule has 26 heavy (non-hydrogen) atoms. The van der Waals surface area contributed by atoms with Crippen molar-refractivity contribution < 1.29 is 17.9 Å². The Bertz CT molecular complexity index is 742. The van der Waals surface area contributed by atoms with E-state index in [2.05, 4.69) is 10.2 Å². The first-order valence-corrected chi connectivity index (χ1v) is 8.65. The van der Waals surface area contributed by atoms with E-state index in [1.54, 1.807) is 12.1 Å². The fourth-order valence-electron chi connectivity index (χ4n) is 3.14. The van der Waals surface area contributed by atoms with Gasteiger partial charge in [0.15, 0.2) is 0 Å². The molecule has 0 aliphatic carbocycles.